The SMILES string of the molecule is CCCCCCCCCCCCCCCCc1ccc[n+](-c2ccccc2)c1. The van der Waals surface area contributed by atoms with Crippen LogP contribution in [0.15, 0.2) is 54.9 Å². The van der Waals surface area contributed by atoms with E-state index in [1.807, 2.05) is 0 Å². The van der Waals surface area contributed by atoms with Gasteiger partial charge in [-0.25, -0.2) is 0 Å². The molecule has 0 bridgehead atoms. The first-order chi connectivity index (χ1) is 13.9. The fraction of sp³-hybridized carbons (Fsp3) is 0.593. The minimum Gasteiger partial charge on any atom is -0.167 e. The van der Waals surface area contributed by atoms with Crippen molar-refractivity contribution in [2.24, 2.45) is 0 Å². The van der Waals surface area contributed by atoms with Gasteiger partial charge in [-0.1, -0.05) is 109 Å². The molecule has 0 unspecified atom stereocenters. The Hall–Kier alpha value is -1.63. The molecule has 0 spiro atoms. The number of nitrogens with zero attached hydrogens (tertiary/aromatic N) is 1. The van der Waals surface area contributed by atoms with E-state index in [-0.39, 0.29) is 0 Å². The van der Waals surface area contributed by atoms with E-state index < -0.39 is 0 Å². The highest BCUT2D eigenvalue weighted by Crippen LogP contribution is 2.13. The van der Waals surface area contributed by atoms with Gasteiger partial charge in [0.1, 0.15) is 0 Å². The van der Waals surface area contributed by atoms with E-state index in [0.29, 0.717) is 0 Å². The van der Waals surface area contributed by atoms with E-state index >= 15 is 0 Å². The standard InChI is InChI=1S/C27H42N/c1-2-3-4-5-6-7-8-9-10-11-12-13-14-16-20-26-21-19-24-28(25-26)27-22-17-15-18-23-27/h15,17-19,21-25H,2-14,16,20H2,1H3/q+1. The Labute approximate surface area is 174 Å². The van der Waals surface area contributed by atoms with Crippen LogP contribution in [0.5, 0.6) is 0 Å². The minimum absolute atomic E-state index is 1.20. The molecule has 2 rings (SSSR count). The highest BCUT2D eigenvalue weighted by Gasteiger charge is 2.05. The maximum absolute atomic E-state index is 2.29. The molecule has 0 atom stereocenters. The molecular weight excluding hydrogens is 338 g/mol. The van der Waals surface area contributed by atoms with E-state index in [9.17, 15) is 0 Å². The van der Waals surface area contributed by atoms with E-state index in [1.54, 1.807) is 0 Å². The highest BCUT2D eigenvalue weighted by atomic mass is 14.9. The predicted molar refractivity (Wildman–Crippen MR) is 122 cm³/mol. The summed E-state index contributed by atoms with van der Waals surface area (Å²) in [6.45, 7) is 2.29. The maximum Gasteiger partial charge on any atom is 0.210 e. The van der Waals surface area contributed by atoms with Gasteiger partial charge in [0, 0.05) is 23.8 Å². The Morgan fingerprint density at radius 3 is 1.68 bits per heavy atom. The van der Waals surface area contributed by atoms with Crippen molar-refractivity contribution in [3.63, 3.8) is 0 Å². The smallest absolute Gasteiger partial charge is 0.167 e. The summed E-state index contributed by atoms with van der Waals surface area (Å²) in [7, 11) is 0. The van der Waals surface area contributed by atoms with Crippen LogP contribution < -0.4 is 4.57 Å². The molecule has 154 valence electrons. The average Bonchev–Trinajstić information content (AvgIpc) is 2.75. The van der Waals surface area contributed by atoms with Crippen LogP contribution in [0.25, 0.3) is 5.69 Å². The monoisotopic (exact) mass is 380 g/mol. The van der Waals surface area contributed by atoms with Crippen LogP contribution in [0.2, 0.25) is 0 Å². The number of benzene rings is 1. The summed E-state index contributed by atoms with van der Waals surface area (Å²) in [5.41, 5.74) is 2.69. The van der Waals surface area contributed by atoms with Crippen LogP contribution in [-0.2, 0) is 6.42 Å². The molecule has 0 amide bonds. The molecule has 0 aliphatic rings. The van der Waals surface area contributed by atoms with Crippen molar-refractivity contribution in [1.29, 1.82) is 0 Å². The van der Waals surface area contributed by atoms with Crippen LogP contribution in [0, 0.1) is 0 Å². The van der Waals surface area contributed by atoms with Gasteiger partial charge in [-0.3, -0.25) is 0 Å². The second-order valence-electron chi connectivity index (χ2n) is 8.30. The zero-order chi connectivity index (χ0) is 19.7. The molecule has 2 aromatic rings. The second kappa shape index (κ2) is 15.3. The summed E-state index contributed by atoms with van der Waals surface area (Å²) >= 11 is 0. The van der Waals surface area contributed by atoms with E-state index in [2.05, 4.69) is 66.3 Å². The van der Waals surface area contributed by atoms with Crippen LogP contribution >= 0.6 is 0 Å². The third-order valence-corrected chi connectivity index (χ3v) is 5.74. The number of unbranched alkanes of at least 4 members (excludes halogenated alkanes) is 13. The highest BCUT2D eigenvalue weighted by molar-refractivity contribution is 5.22. The van der Waals surface area contributed by atoms with E-state index in [1.165, 1.54) is 108 Å². The van der Waals surface area contributed by atoms with Crippen molar-refractivity contribution in [2.45, 2.75) is 103 Å². The molecule has 1 aromatic carbocycles. The summed E-state index contributed by atoms with van der Waals surface area (Å²) < 4.78 is 2.24. The topological polar surface area (TPSA) is 3.88 Å². The lowest BCUT2D eigenvalue weighted by Gasteiger charge is -2.04. The maximum atomic E-state index is 2.29. The Morgan fingerprint density at radius 1 is 0.571 bits per heavy atom. The first kappa shape index (κ1) is 22.7. The second-order valence-corrected chi connectivity index (χ2v) is 8.30. The van der Waals surface area contributed by atoms with Gasteiger partial charge < -0.3 is 0 Å². The van der Waals surface area contributed by atoms with Crippen LogP contribution in [-0.4, -0.2) is 0 Å². The summed E-state index contributed by atoms with van der Waals surface area (Å²) in [4.78, 5) is 0. The molecule has 0 saturated carbocycles. The third kappa shape index (κ3) is 10.1. The zero-order valence-electron chi connectivity index (χ0n) is 18.2. The average molecular weight is 381 g/mol. The fourth-order valence-electron chi connectivity index (χ4n) is 3.96. The van der Waals surface area contributed by atoms with Gasteiger partial charge in [0.2, 0.25) is 5.69 Å². The molecule has 0 fully saturated rings. The van der Waals surface area contributed by atoms with Crippen molar-refractivity contribution in [3.8, 4) is 5.69 Å². The van der Waals surface area contributed by atoms with Crippen LogP contribution in [0.1, 0.15) is 102 Å². The van der Waals surface area contributed by atoms with E-state index in [0.717, 1.165) is 0 Å². The molecule has 1 heterocycles. The minimum atomic E-state index is 1.20. The lowest BCUT2D eigenvalue weighted by atomic mass is 10.0. The number of pyridine rings is 1. The largest absolute Gasteiger partial charge is 0.210 e. The molecule has 0 saturated heterocycles. The van der Waals surface area contributed by atoms with Crippen molar-refractivity contribution in [3.05, 3.63) is 60.4 Å². The number of para-hydroxylation sites is 1. The number of aryl methyl sites for hydroxylation is 1. The summed E-state index contributed by atoms with van der Waals surface area (Å²) in [6, 6.07) is 15.0. The third-order valence-electron chi connectivity index (χ3n) is 5.74. The summed E-state index contributed by atoms with van der Waals surface area (Å²) in [5, 5.41) is 0. The van der Waals surface area contributed by atoms with Gasteiger partial charge in [-0.05, 0) is 18.9 Å². The molecule has 0 aliphatic carbocycles. The summed E-state index contributed by atoms with van der Waals surface area (Å²) in [5.74, 6) is 0. The van der Waals surface area contributed by atoms with E-state index in [4.69, 9.17) is 0 Å². The Kier molecular flexibility index (Phi) is 12.4. The van der Waals surface area contributed by atoms with Crippen molar-refractivity contribution in [2.75, 3.05) is 0 Å². The quantitative estimate of drug-likeness (QED) is 0.205. The number of rotatable bonds is 16. The lowest BCUT2D eigenvalue weighted by molar-refractivity contribution is -0.596. The first-order valence-electron chi connectivity index (χ1n) is 12.0. The summed E-state index contributed by atoms with van der Waals surface area (Å²) in [6.07, 6.45) is 25.6. The molecule has 0 N–H and O–H groups in total. The van der Waals surface area contributed by atoms with Crippen molar-refractivity contribution < 1.29 is 4.57 Å². The molecule has 28 heavy (non-hydrogen) atoms. The normalized spacial score (nSPS) is 11.0. The van der Waals surface area contributed by atoms with Gasteiger partial charge in [-0.2, -0.15) is 4.57 Å². The molecule has 0 aliphatic heterocycles. The molecular formula is C27H42N+. The zero-order valence-corrected chi connectivity index (χ0v) is 18.2. The van der Waals surface area contributed by atoms with Gasteiger partial charge in [0.05, 0.1) is 0 Å². The van der Waals surface area contributed by atoms with Gasteiger partial charge in [0.15, 0.2) is 12.4 Å². The van der Waals surface area contributed by atoms with Gasteiger partial charge in [-0.15, -0.1) is 0 Å². The Morgan fingerprint density at radius 2 is 1.11 bits per heavy atom. The van der Waals surface area contributed by atoms with Gasteiger partial charge >= 0.3 is 0 Å². The number of hydrogen-bond donors (Lipinski definition) is 0. The number of aromatic nitrogens is 1. The van der Waals surface area contributed by atoms with Crippen LogP contribution in [0.4, 0.5) is 0 Å². The molecule has 1 heteroatoms. The van der Waals surface area contributed by atoms with Crippen molar-refractivity contribution >= 4 is 0 Å². The molecule has 1 aromatic heterocycles. The molecule has 1 nitrogen and oxygen atoms in total. The van der Waals surface area contributed by atoms with Crippen molar-refractivity contribution in [1.82, 2.24) is 0 Å². The Balaban J connectivity index is 1.45. The lowest BCUT2D eigenvalue weighted by Crippen LogP contribution is -2.29. The fourth-order valence-corrected chi connectivity index (χ4v) is 3.96. The Bertz CT molecular complexity index is 605. The van der Waals surface area contributed by atoms with Crippen LogP contribution in [0.3, 0.4) is 0 Å². The van der Waals surface area contributed by atoms with Gasteiger partial charge in [0.25, 0.3) is 0 Å². The number of hydrogen-bond acceptors (Lipinski definition) is 0. The first-order valence-corrected chi connectivity index (χ1v) is 12.0. The molecule has 0 radical (unpaired) electrons. The predicted octanol–water partition coefficient (Wildman–Crippen LogP) is 7.99.